The van der Waals surface area contributed by atoms with Crippen LogP contribution in [0.3, 0.4) is 0 Å². The predicted molar refractivity (Wildman–Crippen MR) is 109 cm³/mol. The number of nitrogens with one attached hydrogen (secondary N) is 2. The lowest BCUT2D eigenvalue weighted by atomic mass is 10.0. The Kier molecular flexibility index (Phi) is 5.14. The molecule has 7 heteroatoms. The summed E-state index contributed by atoms with van der Waals surface area (Å²) in [7, 11) is 0. The highest BCUT2D eigenvalue weighted by Crippen LogP contribution is 2.25. The first-order valence-corrected chi connectivity index (χ1v) is 9.27. The van der Waals surface area contributed by atoms with E-state index < -0.39 is 0 Å². The number of aliphatic hydroxyl groups is 1. The van der Waals surface area contributed by atoms with Crippen molar-refractivity contribution in [2.75, 3.05) is 5.32 Å². The van der Waals surface area contributed by atoms with Gasteiger partial charge in [0, 0.05) is 23.1 Å². The molecule has 2 aromatic heterocycles. The van der Waals surface area contributed by atoms with Gasteiger partial charge in [0.25, 0.3) is 0 Å². The van der Waals surface area contributed by atoms with Gasteiger partial charge in [0.05, 0.1) is 23.5 Å². The lowest BCUT2D eigenvalue weighted by molar-refractivity contribution is -0.116. The second-order valence-corrected chi connectivity index (χ2v) is 6.96. The van der Waals surface area contributed by atoms with E-state index in [9.17, 15) is 9.90 Å². The minimum absolute atomic E-state index is 0.102. The zero-order valence-electron chi connectivity index (χ0n) is 15.0. The highest BCUT2D eigenvalue weighted by molar-refractivity contribution is 6.30. The fourth-order valence-corrected chi connectivity index (χ4v) is 3.36. The van der Waals surface area contributed by atoms with Crippen molar-refractivity contribution in [3.05, 3.63) is 83.4 Å². The number of amides is 1. The minimum atomic E-state index is -0.157. The molecule has 0 unspecified atom stereocenters. The Morgan fingerprint density at radius 2 is 1.93 bits per heavy atom. The molecular formula is C21H19ClN4O2. The molecule has 0 bridgehead atoms. The van der Waals surface area contributed by atoms with Crippen molar-refractivity contribution in [1.29, 1.82) is 0 Å². The molecule has 142 valence electrons. The molecule has 0 fully saturated rings. The number of aromatic nitrogens is 3. The molecule has 0 aliphatic heterocycles. The molecule has 0 aliphatic carbocycles. The molecule has 0 radical (unpaired) electrons. The van der Waals surface area contributed by atoms with Crippen molar-refractivity contribution in [3.63, 3.8) is 0 Å². The summed E-state index contributed by atoms with van der Waals surface area (Å²) in [5.41, 5.74) is 3.19. The number of carbonyl (C=O) groups excluding carboxylic acids is 1. The average Bonchev–Trinajstić information content (AvgIpc) is 3.36. The monoisotopic (exact) mass is 394 g/mol. The smallest absolute Gasteiger partial charge is 0.226 e. The summed E-state index contributed by atoms with van der Waals surface area (Å²) in [6, 6.07) is 16.7. The van der Waals surface area contributed by atoms with Gasteiger partial charge in [0.2, 0.25) is 5.91 Å². The van der Waals surface area contributed by atoms with Crippen molar-refractivity contribution in [2.24, 2.45) is 0 Å². The van der Waals surface area contributed by atoms with Crippen LogP contribution < -0.4 is 5.32 Å². The van der Waals surface area contributed by atoms with Crippen LogP contribution in [0.5, 0.6) is 0 Å². The van der Waals surface area contributed by atoms with Gasteiger partial charge in [0.1, 0.15) is 12.4 Å². The van der Waals surface area contributed by atoms with Gasteiger partial charge in [-0.15, -0.1) is 0 Å². The number of aromatic amines is 1. The number of hydrogen-bond donors (Lipinski definition) is 3. The summed E-state index contributed by atoms with van der Waals surface area (Å²) in [6.07, 6.45) is 4.17. The van der Waals surface area contributed by atoms with Gasteiger partial charge >= 0.3 is 0 Å². The number of aliphatic hydroxyl groups excluding tert-OH is 1. The molecule has 0 aliphatic rings. The molecule has 1 atom stereocenters. The zero-order chi connectivity index (χ0) is 19.5. The minimum Gasteiger partial charge on any atom is -0.388 e. The Morgan fingerprint density at radius 3 is 2.64 bits per heavy atom. The normalized spacial score (nSPS) is 12.2. The number of carbonyl (C=O) groups is 1. The summed E-state index contributed by atoms with van der Waals surface area (Å²) >= 11 is 6.00. The fraction of sp³-hybridized carbons (Fsp3) is 0.143. The largest absolute Gasteiger partial charge is 0.388 e. The Bertz CT molecular complexity index is 1090. The van der Waals surface area contributed by atoms with E-state index in [1.54, 1.807) is 6.07 Å². The Morgan fingerprint density at radius 1 is 1.18 bits per heavy atom. The van der Waals surface area contributed by atoms with Crippen molar-refractivity contribution in [2.45, 2.75) is 19.1 Å². The maximum absolute atomic E-state index is 12.7. The van der Waals surface area contributed by atoms with E-state index in [0.717, 1.165) is 16.6 Å². The highest BCUT2D eigenvalue weighted by atomic mass is 35.5. The average molecular weight is 395 g/mol. The number of H-pyrrole nitrogens is 1. The second-order valence-electron chi connectivity index (χ2n) is 6.52. The first-order valence-electron chi connectivity index (χ1n) is 8.89. The fourth-order valence-electron chi connectivity index (χ4n) is 3.24. The third-order valence-corrected chi connectivity index (χ3v) is 4.84. The van der Waals surface area contributed by atoms with Crippen molar-refractivity contribution < 1.29 is 9.90 Å². The number of nitrogens with zero attached hydrogens (tertiary/aromatic N) is 2. The molecule has 0 saturated carbocycles. The number of benzene rings is 2. The van der Waals surface area contributed by atoms with E-state index in [0.29, 0.717) is 16.5 Å². The maximum Gasteiger partial charge on any atom is 0.226 e. The molecule has 3 N–H and O–H groups in total. The van der Waals surface area contributed by atoms with Crippen molar-refractivity contribution >= 4 is 34.2 Å². The molecule has 0 spiro atoms. The standard InChI is InChI=1S/C21H19ClN4O2/c22-15-5-3-14(4-6-15)19(26-9-1-2-10-26)12-21(28)23-16-7-8-17-18(11-16)25-20(13-27)24-17/h1-11,19,27H,12-13H2,(H,23,28)(H,24,25)/t19-/m1/s1. The van der Waals surface area contributed by atoms with E-state index in [2.05, 4.69) is 15.3 Å². The Labute approximate surface area is 166 Å². The van der Waals surface area contributed by atoms with Gasteiger partial charge in [0.15, 0.2) is 0 Å². The SMILES string of the molecule is O=C(C[C@H](c1ccc(Cl)cc1)n1cccc1)Nc1ccc2nc(CO)[nH]c2c1. The van der Waals surface area contributed by atoms with Crippen molar-refractivity contribution in [1.82, 2.24) is 14.5 Å². The van der Waals surface area contributed by atoms with Gasteiger partial charge in [-0.2, -0.15) is 0 Å². The molecule has 28 heavy (non-hydrogen) atoms. The third kappa shape index (κ3) is 3.93. The lowest BCUT2D eigenvalue weighted by Gasteiger charge is -2.19. The highest BCUT2D eigenvalue weighted by Gasteiger charge is 2.18. The first-order chi connectivity index (χ1) is 13.6. The van der Waals surface area contributed by atoms with Crippen LogP contribution in [0.2, 0.25) is 5.02 Å². The molecule has 1 amide bonds. The number of fused-ring (bicyclic) bond motifs is 1. The number of anilines is 1. The van der Waals surface area contributed by atoms with Crippen LogP contribution in [0.4, 0.5) is 5.69 Å². The number of hydrogen-bond acceptors (Lipinski definition) is 3. The van der Waals surface area contributed by atoms with Crippen molar-refractivity contribution in [3.8, 4) is 0 Å². The van der Waals surface area contributed by atoms with Gasteiger partial charge in [-0.3, -0.25) is 4.79 Å². The molecule has 2 heterocycles. The Balaban J connectivity index is 1.53. The molecule has 4 aromatic rings. The topological polar surface area (TPSA) is 82.9 Å². The van der Waals surface area contributed by atoms with E-state index in [4.69, 9.17) is 11.6 Å². The summed E-state index contributed by atoms with van der Waals surface area (Å²) in [5, 5.41) is 12.8. The van der Waals surface area contributed by atoms with Crippen LogP contribution in [-0.2, 0) is 11.4 Å². The summed E-state index contributed by atoms with van der Waals surface area (Å²) < 4.78 is 2.01. The number of imidazole rings is 1. The van der Waals surface area contributed by atoms with Gasteiger partial charge in [-0.25, -0.2) is 4.98 Å². The van der Waals surface area contributed by atoms with E-state index in [1.807, 2.05) is 65.5 Å². The summed E-state index contributed by atoms with van der Waals surface area (Å²) in [6.45, 7) is -0.157. The molecule has 0 saturated heterocycles. The Hall–Kier alpha value is -3.09. The van der Waals surface area contributed by atoms with Crippen LogP contribution in [0.15, 0.2) is 67.0 Å². The van der Waals surface area contributed by atoms with Crippen LogP contribution in [0, 0.1) is 0 Å². The summed E-state index contributed by atoms with van der Waals surface area (Å²) in [5.74, 6) is 0.392. The maximum atomic E-state index is 12.7. The summed E-state index contributed by atoms with van der Waals surface area (Å²) in [4.78, 5) is 20.0. The van der Waals surface area contributed by atoms with E-state index >= 15 is 0 Å². The zero-order valence-corrected chi connectivity index (χ0v) is 15.7. The third-order valence-electron chi connectivity index (χ3n) is 4.59. The number of rotatable bonds is 6. The predicted octanol–water partition coefficient (Wildman–Crippen LogP) is 4.13. The van der Waals surface area contributed by atoms with E-state index in [-0.39, 0.29) is 25.0 Å². The van der Waals surface area contributed by atoms with Gasteiger partial charge in [-0.1, -0.05) is 23.7 Å². The number of halogens is 1. The molecule has 6 nitrogen and oxygen atoms in total. The molecule has 2 aromatic carbocycles. The van der Waals surface area contributed by atoms with Crippen LogP contribution >= 0.6 is 11.6 Å². The van der Waals surface area contributed by atoms with Crippen LogP contribution in [0.1, 0.15) is 23.9 Å². The second kappa shape index (κ2) is 7.88. The van der Waals surface area contributed by atoms with Gasteiger partial charge < -0.3 is 20.0 Å². The first kappa shape index (κ1) is 18.3. The van der Waals surface area contributed by atoms with Gasteiger partial charge in [-0.05, 0) is 48.0 Å². The van der Waals surface area contributed by atoms with Crippen LogP contribution in [-0.4, -0.2) is 25.5 Å². The molecule has 4 rings (SSSR count). The quantitative estimate of drug-likeness (QED) is 0.460. The molecular weight excluding hydrogens is 376 g/mol. The lowest BCUT2D eigenvalue weighted by Crippen LogP contribution is -2.19. The van der Waals surface area contributed by atoms with Crippen LogP contribution in [0.25, 0.3) is 11.0 Å². The van der Waals surface area contributed by atoms with E-state index in [1.165, 1.54) is 0 Å².